The fourth-order valence-electron chi connectivity index (χ4n) is 1.39. The second-order valence-corrected chi connectivity index (χ2v) is 5.39. The summed E-state index contributed by atoms with van der Waals surface area (Å²) in [6.45, 7) is 1.87. The number of nitrogens with two attached hydrogens (primary N) is 1. The van der Waals surface area contributed by atoms with Crippen LogP contribution in [-0.2, 0) is 10.0 Å². The topological polar surface area (TPSA) is 118 Å². The number of rotatable bonds is 6. The number of amidine groups is 1. The molecule has 0 amide bonds. The SMILES string of the molecule is CCCC(NS(=O)(=O)c1cccnc1)/C(N)=N/O. The number of oxime groups is 1. The molecule has 0 saturated heterocycles. The van der Waals surface area contributed by atoms with Crippen molar-refractivity contribution in [3.8, 4) is 0 Å². The molecule has 0 radical (unpaired) electrons. The second kappa shape index (κ2) is 6.31. The molecule has 100 valence electrons. The molecule has 4 N–H and O–H groups in total. The molecule has 0 fully saturated rings. The van der Waals surface area contributed by atoms with Crippen molar-refractivity contribution >= 4 is 15.9 Å². The molecule has 1 aromatic heterocycles. The van der Waals surface area contributed by atoms with Crippen molar-refractivity contribution in [3.63, 3.8) is 0 Å². The summed E-state index contributed by atoms with van der Waals surface area (Å²) in [7, 11) is -3.72. The van der Waals surface area contributed by atoms with Gasteiger partial charge in [-0.3, -0.25) is 4.98 Å². The van der Waals surface area contributed by atoms with Gasteiger partial charge in [0, 0.05) is 12.4 Å². The summed E-state index contributed by atoms with van der Waals surface area (Å²) in [5.41, 5.74) is 5.45. The first-order valence-electron chi connectivity index (χ1n) is 5.41. The van der Waals surface area contributed by atoms with E-state index in [0.717, 1.165) is 0 Å². The third-order valence-corrected chi connectivity index (χ3v) is 3.75. The summed E-state index contributed by atoms with van der Waals surface area (Å²) < 4.78 is 26.4. The van der Waals surface area contributed by atoms with Gasteiger partial charge in [-0.2, -0.15) is 0 Å². The first-order chi connectivity index (χ1) is 8.51. The molecule has 0 saturated carbocycles. The normalized spacial score (nSPS) is 14.4. The minimum absolute atomic E-state index is 0.0387. The van der Waals surface area contributed by atoms with Gasteiger partial charge in [0.1, 0.15) is 4.90 Å². The van der Waals surface area contributed by atoms with Crippen LogP contribution in [0.15, 0.2) is 34.6 Å². The lowest BCUT2D eigenvalue weighted by Gasteiger charge is -2.16. The Morgan fingerprint density at radius 3 is 2.89 bits per heavy atom. The Kier molecular flexibility index (Phi) is 5.05. The van der Waals surface area contributed by atoms with E-state index in [-0.39, 0.29) is 10.7 Å². The van der Waals surface area contributed by atoms with E-state index in [4.69, 9.17) is 10.9 Å². The smallest absolute Gasteiger partial charge is 0.242 e. The lowest BCUT2D eigenvalue weighted by Crippen LogP contribution is -2.44. The van der Waals surface area contributed by atoms with E-state index in [1.807, 2.05) is 6.92 Å². The fourth-order valence-corrected chi connectivity index (χ4v) is 2.59. The minimum atomic E-state index is -3.72. The molecule has 0 bridgehead atoms. The quantitative estimate of drug-likeness (QED) is 0.297. The first-order valence-corrected chi connectivity index (χ1v) is 6.89. The molecule has 1 heterocycles. The van der Waals surface area contributed by atoms with E-state index in [1.165, 1.54) is 24.5 Å². The lowest BCUT2D eigenvalue weighted by molar-refractivity contribution is 0.315. The van der Waals surface area contributed by atoms with Crippen molar-refractivity contribution < 1.29 is 13.6 Å². The first kappa shape index (κ1) is 14.4. The Balaban J connectivity index is 2.93. The van der Waals surface area contributed by atoms with Crippen LogP contribution in [0.25, 0.3) is 0 Å². The lowest BCUT2D eigenvalue weighted by atomic mass is 10.2. The van der Waals surface area contributed by atoms with E-state index >= 15 is 0 Å². The van der Waals surface area contributed by atoms with Gasteiger partial charge in [0.05, 0.1) is 6.04 Å². The second-order valence-electron chi connectivity index (χ2n) is 3.68. The van der Waals surface area contributed by atoms with Crippen LogP contribution in [0.2, 0.25) is 0 Å². The van der Waals surface area contributed by atoms with E-state index in [2.05, 4.69) is 14.9 Å². The average molecular weight is 272 g/mol. The maximum absolute atomic E-state index is 12.0. The molecule has 0 spiro atoms. The van der Waals surface area contributed by atoms with E-state index in [1.54, 1.807) is 0 Å². The Bertz CT molecular complexity index is 501. The number of hydrogen-bond acceptors (Lipinski definition) is 5. The zero-order valence-corrected chi connectivity index (χ0v) is 10.8. The summed E-state index contributed by atoms with van der Waals surface area (Å²) in [6.07, 6.45) is 3.84. The summed E-state index contributed by atoms with van der Waals surface area (Å²) >= 11 is 0. The van der Waals surface area contributed by atoms with Gasteiger partial charge in [0.15, 0.2) is 5.84 Å². The van der Waals surface area contributed by atoms with Crippen LogP contribution >= 0.6 is 0 Å². The third kappa shape index (κ3) is 3.67. The Morgan fingerprint density at radius 2 is 2.39 bits per heavy atom. The van der Waals surface area contributed by atoms with Crippen molar-refractivity contribution in [3.05, 3.63) is 24.5 Å². The molecule has 1 atom stereocenters. The van der Waals surface area contributed by atoms with Gasteiger partial charge < -0.3 is 10.9 Å². The van der Waals surface area contributed by atoms with Crippen LogP contribution in [0, 0.1) is 0 Å². The third-order valence-electron chi connectivity index (χ3n) is 2.29. The number of sulfonamides is 1. The Labute approximate surface area is 106 Å². The van der Waals surface area contributed by atoms with Crippen LogP contribution in [0.4, 0.5) is 0 Å². The van der Waals surface area contributed by atoms with E-state index in [0.29, 0.717) is 12.8 Å². The van der Waals surface area contributed by atoms with E-state index < -0.39 is 16.1 Å². The van der Waals surface area contributed by atoms with Crippen molar-refractivity contribution in [2.75, 3.05) is 0 Å². The van der Waals surface area contributed by atoms with Gasteiger partial charge in [0.25, 0.3) is 0 Å². The van der Waals surface area contributed by atoms with Crippen LogP contribution < -0.4 is 10.5 Å². The molecule has 0 aliphatic rings. The predicted molar refractivity (Wildman–Crippen MR) is 66.7 cm³/mol. The maximum atomic E-state index is 12.0. The van der Waals surface area contributed by atoms with Crippen molar-refractivity contribution in [2.45, 2.75) is 30.7 Å². The minimum Gasteiger partial charge on any atom is -0.409 e. The number of nitrogens with one attached hydrogen (secondary N) is 1. The maximum Gasteiger partial charge on any atom is 0.242 e. The highest BCUT2D eigenvalue weighted by molar-refractivity contribution is 7.89. The molecule has 0 aliphatic carbocycles. The highest BCUT2D eigenvalue weighted by Gasteiger charge is 2.22. The highest BCUT2D eigenvalue weighted by atomic mass is 32.2. The fraction of sp³-hybridized carbons (Fsp3) is 0.400. The number of pyridine rings is 1. The van der Waals surface area contributed by atoms with Gasteiger partial charge in [-0.25, -0.2) is 13.1 Å². The number of nitrogens with zero attached hydrogens (tertiary/aromatic N) is 2. The number of hydrogen-bond donors (Lipinski definition) is 3. The molecule has 1 unspecified atom stereocenters. The van der Waals surface area contributed by atoms with Crippen molar-refractivity contribution in [2.24, 2.45) is 10.9 Å². The predicted octanol–water partition coefficient (Wildman–Crippen LogP) is 0.275. The Hall–Kier alpha value is -1.67. The monoisotopic (exact) mass is 272 g/mol. The van der Waals surface area contributed by atoms with Crippen molar-refractivity contribution in [1.82, 2.24) is 9.71 Å². The van der Waals surface area contributed by atoms with Crippen LogP contribution in [0.1, 0.15) is 19.8 Å². The van der Waals surface area contributed by atoms with Gasteiger partial charge in [-0.05, 0) is 18.6 Å². The van der Waals surface area contributed by atoms with Gasteiger partial charge in [-0.15, -0.1) is 0 Å². The molecule has 0 aromatic carbocycles. The Morgan fingerprint density at radius 1 is 1.67 bits per heavy atom. The molecule has 8 heteroatoms. The van der Waals surface area contributed by atoms with Crippen LogP contribution in [-0.4, -0.2) is 30.5 Å². The molecular weight excluding hydrogens is 256 g/mol. The number of aromatic nitrogens is 1. The standard InChI is InChI=1S/C10H16N4O3S/c1-2-4-9(10(11)13-15)14-18(16,17)8-5-3-6-12-7-8/h3,5-7,9,14-15H,2,4H2,1H3,(H2,11,13). The molecular formula is C10H16N4O3S. The largest absolute Gasteiger partial charge is 0.409 e. The molecule has 18 heavy (non-hydrogen) atoms. The van der Waals surface area contributed by atoms with Crippen molar-refractivity contribution in [1.29, 1.82) is 0 Å². The molecule has 1 aromatic rings. The van der Waals surface area contributed by atoms with Crippen LogP contribution in [0.3, 0.4) is 0 Å². The van der Waals surface area contributed by atoms with E-state index in [9.17, 15) is 8.42 Å². The van der Waals surface area contributed by atoms with Gasteiger partial charge in [-0.1, -0.05) is 18.5 Å². The van der Waals surface area contributed by atoms with Gasteiger partial charge >= 0.3 is 0 Å². The summed E-state index contributed by atoms with van der Waals surface area (Å²) in [4.78, 5) is 3.78. The summed E-state index contributed by atoms with van der Waals surface area (Å²) in [5, 5.41) is 11.5. The van der Waals surface area contributed by atoms with Gasteiger partial charge in [0.2, 0.25) is 10.0 Å². The molecule has 1 rings (SSSR count). The molecule has 7 nitrogen and oxygen atoms in total. The zero-order valence-electron chi connectivity index (χ0n) is 9.94. The summed E-state index contributed by atoms with van der Waals surface area (Å²) in [6, 6.07) is 2.21. The zero-order chi connectivity index (χ0) is 13.6. The molecule has 0 aliphatic heterocycles. The van der Waals surface area contributed by atoms with Crippen LogP contribution in [0.5, 0.6) is 0 Å². The average Bonchev–Trinajstić information content (AvgIpc) is 2.38. The summed E-state index contributed by atoms with van der Waals surface area (Å²) in [5.74, 6) is -0.163. The highest BCUT2D eigenvalue weighted by Crippen LogP contribution is 2.08.